The number of hydrogen-bond donors (Lipinski definition) is 2. The van der Waals surface area contributed by atoms with E-state index in [1.54, 1.807) is 12.1 Å². The Balaban J connectivity index is 0.00000144. The molecule has 2 N–H and O–H groups in total. The van der Waals surface area contributed by atoms with Gasteiger partial charge in [0.05, 0.1) is 16.3 Å². The molecule has 1 saturated heterocycles. The van der Waals surface area contributed by atoms with Gasteiger partial charge in [-0.05, 0) is 18.2 Å². The standard InChI is InChI=1S/C11H13ClN2O2.ClH/c12-9-7-8(11(15)16)1-2-10(9)14-5-3-13-4-6-14;/h1-2,7,13H,3-6H2,(H,15,16);1H. The number of aromatic carboxylic acids is 1. The third-order valence-electron chi connectivity index (χ3n) is 2.65. The lowest BCUT2D eigenvalue weighted by atomic mass is 10.2. The molecule has 1 aromatic carbocycles. The van der Waals surface area contributed by atoms with Gasteiger partial charge >= 0.3 is 5.97 Å². The summed E-state index contributed by atoms with van der Waals surface area (Å²) in [7, 11) is 0. The van der Waals surface area contributed by atoms with E-state index in [1.165, 1.54) is 6.07 Å². The Morgan fingerprint density at radius 1 is 1.35 bits per heavy atom. The maximum absolute atomic E-state index is 10.8. The summed E-state index contributed by atoms with van der Waals surface area (Å²) in [5.41, 5.74) is 1.14. The van der Waals surface area contributed by atoms with Crippen molar-refractivity contribution in [1.29, 1.82) is 0 Å². The minimum atomic E-state index is -0.950. The monoisotopic (exact) mass is 276 g/mol. The van der Waals surface area contributed by atoms with Crippen molar-refractivity contribution in [1.82, 2.24) is 5.32 Å². The lowest BCUT2D eigenvalue weighted by Crippen LogP contribution is -2.43. The minimum Gasteiger partial charge on any atom is -0.478 e. The normalized spacial score (nSPS) is 15.2. The van der Waals surface area contributed by atoms with Gasteiger partial charge in [-0.25, -0.2) is 4.79 Å². The zero-order valence-electron chi connectivity index (χ0n) is 9.15. The molecule has 1 fully saturated rings. The van der Waals surface area contributed by atoms with Crippen molar-refractivity contribution in [2.75, 3.05) is 31.1 Å². The fourth-order valence-electron chi connectivity index (χ4n) is 1.80. The molecule has 17 heavy (non-hydrogen) atoms. The molecule has 0 unspecified atom stereocenters. The number of nitrogens with zero attached hydrogens (tertiary/aromatic N) is 1. The predicted octanol–water partition coefficient (Wildman–Crippen LogP) is 1.87. The van der Waals surface area contributed by atoms with Crippen LogP contribution in [0.3, 0.4) is 0 Å². The molecule has 0 aliphatic carbocycles. The SMILES string of the molecule is Cl.O=C(O)c1ccc(N2CCNCC2)c(Cl)c1. The van der Waals surface area contributed by atoms with Gasteiger partial charge in [0.1, 0.15) is 0 Å². The van der Waals surface area contributed by atoms with Crippen LogP contribution in [0.15, 0.2) is 18.2 Å². The number of hydrogen-bond acceptors (Lipinski definition) is 3. The van der Waals surface area contributed by atoms with Crippen molar-refractivity contribution < 1.29 is 9.90 Å². The van der Waals surface area contributed by atoms with Crippen LogP contribution in [-0.4, -0.2) is 37.3 Å². The number of benzene rings is 1. The summed E-state index contributed by atoms with van der Waals surface area (Å²) in [6, 6.07) is 4.87. The first-order valence-electron chi connectivity index (χ1n) is 5.17. The average molecular weight is 277 g/mol. The average Bonchev–Trinajstić information content (AvgIpc) is 2.30. The van der Waals surface area contributed by atoms with Gasteiger partial charge in [-0.1, -0.05) is 11.6 Å². The van der Waals surface area contributed by atoms with E-state index in [0.29, 0.717) is 5.02 Å². The van der Waals surface area contributed by atoms with E-state index >= 15 is 0 Å². The number of anilines is 1. The quantitative estimate of drug-likeness (QED) is 0.866. The number of carboxylic acids is 1. The highest BCUT2D eigenvalue weighted by Crippen LogP contribution is 2.27. The lowest BCUT2D eigenvalue weighted by Gasteiger charge is -2.30. The second-order valence-electron chi connectivity index (χ2n) is 3.71. The summed E-state index contributed by atoms with van der Waals surface area (Å²) in [6.07, 6.45) is 0. The summed E-state index contributed by atoms with van der Waals surface area (Å²) >= 11 is 6.08. The third kappa shape index (κ3) is 3.25. The fraction of sp³-hybridized carbons (Fsp3) is 0.364. The molecule has 0 aromatic heterocycles. The molecule has 2 rings (SSSR count). The van der Waals surface area contributed by atoms with Crippen LogP contribution in [0, 0.1) is 0 Å². The van der Waals surface area contributed by atoms with Gasteiger partial charge < -0.3 is 15.3 Å². The lowest BCUT2D eigenvalue weighted by molar-refractivity contribution is 0.0697. The van der Waals surface area contributed by atoms with Crippen molar-refractivity contribution in [2.24, 2.45) is 0 Å². The van der Waals surface area contributed by atoms with Gasteiger partial charge in [-0.15, -0.1) is 12.4 Å². The summed E-state index contributed by atoms with van der Waals surface area (Å²) in [5.74, 6) is -0.950. The van der Waals surface area contributed by atoms with Crippen LogP contribution in [-0.2, 0) is 0 Å². The third-order valence-corrected chi connectivity index (χ3v) is 2.96. The fourth-order valence-corrected chi connectivity index (χ4v) is 2.10. The topological polar surface area (TPSA) is 52.6 Å². The zero-order chi connectivity index (χ0) is 11.5. The van der Waals surface area contributed by atoms with E-state index < -0.39 is 5.97 Å². The summed E-state index contributed by atoms with van der Waals surface area (Å²) in [4.78, 5) is 12.9. The molecular weight excluding hydrogens is 263 g/mol. The number of carboxylic acid groups (broad SMARTS) is 1. The number of halogens is 2. The Morgan fingerprint density at radius 3 is 2.53 bits per heavy atom. The molecule has 0 radical (unpaired) electrons. The van der Waals surface area contributed by atoms with Crippen LogP contribution < -0.4 is 10.2 Å². The van der Waals surface area contributed by atoms with Crippen molar-refractivity contribution >= 4 is 35.7 Å². The van der Waals surface area contributed by atoms with E-state index in [0.717, 1.165) is 31.9 Å². The zero-order valence-corrected chi connectivity index (χ0v) is 10.7. The van der Waals surface area contributed by atoms with E-state index in [1.807, 2.05) is 0 Å². The number of piperazine rings is 1. The van der Waals surface area contributed by atoms with Gasteiger partial charge in [-0.3, -0.25) is 0 Å². The summed E-state index contributed by atoms with van der Waals surface area (Å²) in [5, 5.41) is 12.6. The molecular formula is C11H14Cl2N2O2. The molecule has 1 aromatic rings. The van der Waals surface area contributed by atoms with Crippen molar-refractivity contribution in [3.8, 4) is 0 Å². The molecule has 1 aliphatic rings. The molecule has 4 nitrogen and oxygen atoms in total. The molecule has 0 bridgehead atoms. The van der Waals surface area contributed by atoms with Gasteiger partial charge in [0.2, 0.25) is 0 Å². The minimum absolute atomic E-state index is 0. The smallest absolute Gasteiger partial charge is 0.335 e. The molecule has 1 aliphatic heterocycles. The Labute approximate surface area is 111 Å². The van der Waals surface area contributed by atoms with Gasteiger partial charge in [0.15, 0.2) is 0 Å². The van der Waals surface area contributed by atoms with E-state index in [4.69, 9.17) is 16.7 Å². The van der Waals surface area contributed by atoms with Crippen LogP contribution in [0.1, 0.15) is 10.4 Å². The Kier molecular flexibility index (Phi) is 5.05. The van der Waals surface area contributed by atoms with E-state index in [9.17, 15) is 4.79 Å². The Hall–Kier alpha value is -0.970. The van der Waals surface area contributed by atoms with E-state index in [-0.39, 0.29) is 18.0 Å². The first-order valence-corrected chi connectivity index (χ1v) is 5.55. The number of nitrogens with one attached hydrogen (secondary N) is 1. The molecule has 94 valence electrons. The highest BCUT2D eigenvalue weighted by molar-refractivity contribution is 6.33. The molecule has 0 saturated carbocycles. The second-order valence-corrected chi connectivity index (χ2v) is 4.12. The summed E-state index contributed by atoms with van der Waals surface area (Å²) in [6.45, 7) is 3.65. The number of rotatable bonds is 2. The predicted molar refractivity (Wildman–Crippen MR) is 70.7 cm³/mol. The van der Waals surface area contributed by atoms with Crippen LogP contribution in [0.2, 0.25) is 5.02 Å². The van der Waals surface area contributed by atoms with Crippen molar-refractivity contribution in [2.45, 2.75) is 0 Å². The van der Waals surface area contributed by atoms with Crippen molar-refractivity contribution in [3.63, 3.8) is 0 Å². The first-order chi connectivity index (χ1) is 7.68. The Morgan fingerprint density at radius 2 is 2.00 bits per heavy atom. The highest BCUT2D eigenvalue weighted by atomic mass is 35.5. The van der Waals surface area contributed by atoms with Gasteiger partial charge in [0, 0.05) is 26.2 Å². The van der Waals surface area contributed by atoms with Gasteiger partial charge in [0.25, 0.3) is 0 Å². The highest BCUT2D eigenvalue weighted by Gasteiger charge is 2.14. The van der Waals surface area contributed by atoms with Crippen LogP contribution in [0.4, 0.5) is 5.69 Å². The van der Waals surface area contributed by atoms with Crippen molar-refractivity contribution in [3.05, 3.63) is 28.8 Å². The summed E-state index contributed by atoms with van der Waals surface area (Å²) < 4.78 is 0. The molecule has 6 heteroatoms. The van der Waals surface area contributed by atoms with E-state index in [2.05, 4.69) is 10.2 Å². The molecule has 0 amide bonds. The molecule has 1 heterocycles. The first kappa shape index (κ1) is 14.1. The van der Waals surface area contributed by atoms with Crippen LogP contribution in [0.5, 0.6) is 0 Å². The second kappa shape index (κ2) is 6.10. The largest absolute Gasteiger partial charge is 0.478 e. The molecule has 0 atom stereocenters. The van der Waals surface area contributed by atoms with Gasteiger partial charge in [-0.2, -0.15) is 0 Å². The molecule has 0 spiro atoms. The van der Waals surface area contributed by atoms with Crippen LogP contribution >= 0.6 is 24.0 Å². The Bertz CT molecular complexity index is 406. The van der Waals surface area contributed by atoms with Crippen LogP contribution in [0.25, 0.3) is 0 Å². The maximum atomic E-state index is 10.8. The number of carbonyl (C=O) groups is 1. The maximum Gasteiger partial charge on any atom is 0.335 e.